The number of fused-ring (bicyclic) bond motifs is 2. The number of carbonyl (C=O) groups excluding carboxylic acids is 1. The summed E-state index contributed by atoms with van der Waals surface area (Å²) in [6.07, 6.45) is -2.31. The molecule has 2 bridgehead atoms. The number of rotatable bonds is 5. The number of nitrogens with two attached hydrogens (primary N) is 1. The molecule has 2 saturated heterocycles. The van der Waals surface area contributed by atoms with Gasteiger partial charge in [-0.15, -0.1) is 13.2 Å². The van der Waals surface area contributed by atoms with Crippen molar-refractivity contribution in [1.29, 1.82) is 0 Å². The number of hydrogen-bond acceptors (Lipinski definition) is 5. The van der Waals surface area contributed by atoms with E-state index in [1.165, 1.54) is 24.3 Å². The summed E-state index contributed by atoms with van der Waals surface area (Å²) in [7, 11) is 0. The van der Waals surface area contributed by atoms with Crippen LogP contribution in [0.2, 0.25) is 5.02 Å². The number of benzene rings is 2. The summed E-state index contributed by atoms with van der Waals surface area (Å²) in [5, 5.41) is 3.14. The lowest BCUT2D eigenvalue weighted by Gasteiger charge is -2.47. The van der Waals surface area contributed by atoms with Gasteiger partial charge in [0.25, 0.3) is 0 Å². The molecular weight excluding hydrogens is 478 g/mol. The zero-order valence-corrected chi connectivity index (χ0v) is 18.6. The van der Waals surface area contributed by atoms with Gasteiger partial charge < -0.3 is 25.4 Å². The molecule has 2 aliphatic heterocycles. The summed E-state index contributed by atoms with van der Waals surface area (Å²) in [6, 6.07) is 8.33. The second-order valence-corrected chi connectivity index (χ2v) is 8.68. The van der Waals surface area contributed by atoms with Gasteiger partial charge in [-0.2, -0.15) is 0 Å². The lowest BCUT2D eigenvalue weighted by atomic mass is 9.82. The monoisotopic (exact) mass is 499 g/mol. The lowest BCUT2D eigenvalue weighted by molar-refractivity contribution is -0.274. The van der Waals surface area contributed by atoms with E-state index in [0.717, 1.165) is 17.8 Å². The van der Waals surface area contributed by atoms with Crippen molar-refractivity contribution in [1.82, 2.24) is 4.90 Å². The van der Waals surface area contributed by atoms with Gasteiger partial charge in [-0.3, -0.25) is 4.79 Å². The van der Waals surface area contributed by atoms with Gasteiger partial charge in [-0.25, -0.2) is 4.39 Å². The number of nitrogens with zero attached hydrogens (tertiary/aromatic N) is 1. The molecule has 1 amide bonds. The van der Waals surface area contributed by atoms with Crippen LogP contribution in [-0.2, 0) is 9.53 Å². The maximum Gasteiger partial charge on any atom is 0.573 e. The third-order valence-corrected chi connectivity index (χ3v) is 6.14. The summed E-state index contributed by atoms with van der Waals surface area (Å²) in [5.74, 6) is -1.19. The Morgan fingerprint density at radius 3 is 2.44 bits per heavy atom. The summed E-state index contributed by atoms with van der Waals surface area (Å²) >= 11 is 5.79. The van der Waals surface area contributed by atoms with E-state index in [2.05, 4.69) is 10.1 Å². The molecule has 2 fully saturated rings. The van der Waals surface area contributed by atoms with Gasteiger partial charge in [0.2, 0.25) is 5.91 Å². The van der Waals surface area contributed by atoms with E-state index in [9.17, 15) is 22.4 Å². The molecule has 2 aromatic rings. The van der Waals surface area contributed by atoms with E-state index in [4.69, 9.17) is 22.1 Å². The van der Waals surface area contributed by atoms with Crippen LogP contribution in [0.3, 0.4) is 0 Å². The van der Waals surface area contributed by atoms with Crippen molar-refractivity contribution in [3.63, 3.8) is 0 Å². The summed E-state index contributed by atoms with van der Waals surface area (Å²) in [6.45, 7) is 1.78. The fraction of sp³-hybridized carbons (Fsp3) is 0.348. The molecule has 2 aliphatic rings. The van der Waals surface area contributed by atoms with Crippen LogP contribution >= 0.6 is 11.6 Å². The molecule has 0 aromatic heterocycles. The highest BCUT2D eigenvalue weighted by Gasteiger charge is 2.41. The molecule has 34 heavy (non-hydrogen) atoms. The Balaban J connectivity index is 1.44. The van der Waals surface area contributed by atoms with Gasteiger partial charge >= 0.3 is 6.36 Å². The Kier molecular flexibility index (Phi) is 6.90. The van der Waals surface area contributed by atoms with Crippen molar-refractivity contribution in [2.45, 2.75) is 12.4 Å². The number of ether oxygens (including phenoxy) is 2. The summed E-state index contributed by atoms with van der Waals surface area (Å²) in [4.78, 5) is 14.5. The molecule has 4 rings (SSSR count). The van der Waals surface area contributed by atoms with Crippen molar-refractivity contribution in [3.8, 4) is 5.75 Å². The highest BCUT2D eigenvalue weighted by Crippen LogP contribution is 2.35. The first kappa shape index (κ1) is 24.2. The normalized spacial score (nSPS) is 22.6. The summed E-state index contributed by atoms with van der Waals surface area (Å²) < 4.78 is 60.5. The maximum atomic E-state index is 13.2. The van der Waals surface area contributed by atoms with Crippen LogP contribution < -0.4 is 15.8 Å². The number of amides is 1. The number of anilines is 2. The Bertz CT molecular complexity index is 1060. The number of halogens is 5. The maximum absolute atomic E-state index is 13.2. The third kappa shape index (κ3) is 5.74. The van der Waals surface area contributed by atoms with Crippen LogP contribution in [0.1, 0.15) is 5.56 Å². The number of alkyl halides is 3. The van der Waals surface area contributed by atoms with E-state index in [-0.39, 0.29) is 45.9 Å². The Hall–Kier alpha value is -2.98. The van der Waals surface area contributed by atoms with Crippen molar-refractivity contribution in [2.24, 2.45) is 11.8 Å². The van der Waals surface area contributed by atoms with E-state index in [0.29, 0.717) is 26.3 Å². The molecule has 0 spiro atoms. The van der Waals surface area contributed by atoms with Crippen LogP contribution in [-0.4, -0.2) is 49.5 Å². The molecular formula is C23H22ClF4N3O3. The minimum Gasteiger partial charge on any atom is -0.404 e. The van der Waals surface area contributed by atoms with E-state index >= 15 is 0 Å². The SMILES string of the molecule is Nc1cc(Cl)c(OC(F)(F)F)cc1/C=C/C(=O)N1C[C@H]2COC[C@@H](C1)[C@@H]2Nc1ccc(F)cc1. The second kappa shape index (κ2) is 9.71. The number of nitrogens with one attached hydrogen (secondary N) is 1. The second-order valence-electron chi connectivity index (χ2n) is 8.27. The van der Waals surface area contributed by atoms with Crippen LogP contribution in [0.4, 0.5) is 28.9 Å². The number of hydrogen-bond donors (Lipinski definition) is 2. The van der Waals surface area contributed by atoms with Gasteiger partial charge in [0.15, 0.2) is 0 Å². The number of carbonyl (C=O) groups is 1. The fourth-order valence-electron chi connectivity index (χ4n) is 4.29. The molecule has 2 heterocycles. The minimum atomic E-state index is -4.91. The van der Waals surface area contributed by atoms with Gasteiger partial charge in [0.1, 0.15) is 11.6 Å². The van der Waals surface area contributed by atoms with Gasteiger partial charge in [-0.05, 0) is 42.5 Å². The zero-order valence-electron chi connectivity index (χ0n) is 17.8. The summed E-state index contributed by atoms with van der Waals surface area (Å²) in [5.41, 5.74) is 6.92. The molecule has 182 valence electrons. The van der Waals surface area contributed by atoms with E-state index in [1.54, 1.807) is 17.0 Å². The lowest BCUT2D eigenvalue weighted by Crippen LogP contribution is -2.59. The topological polar surface area (TPSA) is 76.8 Å². The number of likely N-dealkylation sites (tertiary alicyclic amines) is 1. The van der Waals surface area contributed by atoms with Gasteiger partial charge in [-0.1, -0.05) is 11.6 Å². The molecule has 2 aromatic carbocycles. The van der Waals surface area contributed by atoms with E-state index < -0.39 is 12.1 Å². The third-order valence-electron chi connectivity index (χ3n) is 5.85. The molecule has 0 saturated carbocycles. The Morgan fingerprint density at radius 2 is 1.82 bits per heavy atom. The predicted octanol–water partition coefficient (Wildman–Crippen LogP) is 4.56. The quantitative estimate of drug-likeness (QED) is 0.358. The molecule has 11 heteroatoms. The molecule has 3 atom stereocenters. The average molecular weight is 500 g/mol. The highest BCUT2D eigenvalue weighted by atomic mass is 35.5. The first-order valence-corrected chi connectivity index (χ1v) is 10.9. The fourth-order valence-corrected chi connectivity index (χ4v) is 4.50. The zero-order chi connectivity index (χ0) is 24.5. The molecule has 0 aliphatic carbocycles. The molecule has 3 N–H and O–H groups in total. The first-order valence-electron chi connectivity index (χ1n) is 10.5. The van der Waals surface area contributed by atoms with Crippen LogP contribution in [0.25, 0.3) is 6.08 Å². The van der Waals surface area contributed by atoms with Gasteiger partial charge in [0, 0.05) is 54.0 Å². The van der Waals surface area contributed by atoms with Crippen LogP contribution in [0.5, 0.6) is 5.75 Å². The van der Waals surface area contributed by atoms with Crippen molar-refractivity contribution >= 4 is 35.0 Å². The van der Waals surface area contributed by atoms with Crippen molar-refractivity contribution in [3.05, 3.63) is 58.9 Å². The van der Waals surface area contributed by atoms with E-state index in [1.807, 2.05) is 0 Å². The van der Waals surface area contributed by atoms with Crippen LogP contribution in [0.15, 0.2) is 42.5 Å². The number of piperidine rings is 1. The minimum absolute atomic E-state index is 0.0160. The smallest absolute Gasteiger partial charge is 0.404 e. The Labute approximate surface area is 198 Å². The average Bonchev–Trinajstić information content (AvgIpc) is 2.75. The molecule has 0 unspecified atom stereocenters. The van der Waals surface area contributed by atoms with Gasteiger partial charge in [0.05, 0.1) is 18.2 Å². The molecule has 6 nitrogen and oxygen atoms in total. The molecule has 0 radical (unpaired) electrons. The van der Waals surface area contributed by atoms with Crippen molar-refractivity contribution in [2.75, 3.05) is 37.4 Å². The first-order chi connectivity index (χ1) is 16.1. The van der Waals surface area contributed by atoms with Crippen LogP contribution in [0, 0.1) is 17.7 Å². The van der Waals surface area contributed by atoms with Crippen molar-refractivity contribution < 1.29 is 31.8 Å². The largest absolute Gasteiger partial charge is 0.573 e. The Morgan fingerprint density at radius 1 is 1.18 bits per heavy atom. The predicted molar refractivity (Wildman–Crippen MR) is 120 cm³/mol. The number of nitrogen functional groups attached to an aromatic ring is 1. The highest BCUT2D eigenvalue weighted by molar-refractivity contribution is 6.32. The standard InChI is InChI=1S/C23H22ClF4N3O3/c24-18-8-19(29)13(7-20(18)34-23(26,27)28)1-6-21(32)31-9-14-11-33-12-15(10-31)22(14)30-17-4-2-16(25)3-5-17/h1-8,14-15,22,30H,9-12,29H2/b6-1+/t14-,15+,22+.